The fourth-order valence-corrected chi connectivity index (χ4v) is 3.22. The molecule has 0 radical (unpaired) electrons. The molecule has 22 heavy (non-hydrogen) atoms. The van der Waals surface area contributed by atoms with Crippen LogP contribution in [0.5, 0.6) is 0 Å². The Morgan fingerprint density at radius 3 is 2.45 bits per heavy atom. The van der Waals surface area contributed by atoms with Crippen LogP contribution >= 0.6 is 0 Å². The lowest BCUT2D eigenvalue weighted by Gasteiger charge is -2.40. The van der Waals surface area contributed by atoms with Gasteiger partial charge in [0.25, 0.3) is 0 Å². The number of carbonyl (C=O) groups excluding carboxylic acids is 1. The third kappa shape index (κ3) is 3.14. The van der Waals surface area contributed by atoms with E-state index in [1.54, 1.807) is 0 Å². The van der Waals surface area contributed by atoms with Crippen LogP contribution in [0.2, 0.25) is 0 Å². The summed E-state index contributed by atoms with van der Waals surface area (Å²) in [5.74, 6) is -1.09. The van der Waals surface area contributed by atoms with Crippen molar-refractivity contribution in [1.29, 1.82) is 0 Å². The molecule has 1 aliphatic heterocycles. The van der Waals surface area contributed by atoms with Gasteiger partial charge < -0.3 is 14.7 Å². The number of ether oxygens (including phenoxy) is 1. The predicted molar refractivity (Wildman–Crippen MR) is 82.8 cm³/mol. The van der Waals surface area contributed by atoms with E-state index >= 15 is 0 Å². The van der Waals surface area contributed by atoms with Gasteiger partial charge in [-0.05, 0) is 37.8 Å². The SMILES string of the molecule is CCN(CC(=O)O)C(=O)C1(c2ccccc2C)CCOCC1. The molecule has 1 aromatic carbocycles. The van der Waals surface area contributed by atoms with Crippen molar-refractivity contribution in [3.05, 3.63) is 35.4 Å². The van der Waals surface area contributed by atoms with Crippen molar-refractivity contribution in [2.45, 2.75) is 32.1 Å². The minimum atomic E-state index is -0.984. The lowest BCUT2D eigenvalue weighted by atomic mass is 9.71. The molecule has 5 nitrogen and oxygen atoms in total. The molecule has 1 saturated heterocycles. The van der Waals surface area contributed by atoms with E-state index in [-0.39, 0.29) is 12.5 Å². The first-order chi connectivity index (χ1) is 10.5. The third-order valence-corrected chi connectivity index (χ3v) is 4.41. The van der Waals surface area contributed by atoms with E-state index < -0.39 is 11.4 Å². The number of rotatable bonds is 5. The van der Waals surface area contributed by atoms with Gasteiger partial charge in [0, 0.05) is 19.8 Å². The number of benzene rings is 1. The Morgan fingerprint density at radius 1 is 1.27 bits per heavy atom. The second-order valence-electron chi connectivity index (χ2n) is 5.72. The van der Waals surface area contributed by atoms with Crippen LogP contribution in [-0.4, -0.2) is 48.2 Å². The van der Waals surface area contributed by atoms with Crippen LogP contribution in [0.3, 0.4) is 0 Å². The maximum Gasteiger partial charge on any atom is 0.323 e. The first-order valence-corrected chi connectivity index (χ1v) is 7.66. The maximum atomic E-state index is 13.1. The summed E-state index contributed by atoms with van der Waals surface area (Å²) in [6.45, 7) is 4.97. The monoisotopic (exact) mass is 305 g/mol. The number of carboxylic acids is 1. The lowest BCUT2D eigenvalue weighted by Crippen LogP contribution is -2.51. The number of aliphatic carboxylic acids is 1. The summed E-state index contributed by atoms with van der Waals surface area (Å²) in [7, 11) is 0. The Kier molecular flexibility index (Phi) is 5.19. The van der Waals surface area contributed by atoms with E-state index in [1.165, 1.54) is 4.90 Å². The number of carbonyl (C=O) groups is 2. The number of carboxylic acid groups (broad SMARTS) is 1. The smallest absolute Gasteiger partial charge is 0.323 e. The van der Waals surface area contributed by atoms with Crippen LogP contribution < -0.4 is 0 Å². The summed E-state index contributed by atoms with van der Waals surface area (Å²) in [6.07, 6.45) is 1.18. The van der Waals surface area contributed by atoms with Gasteiger partial charge >= 0.3 is 5.97 Å². The third-order valence-electron chi connectivity index (χ3n) is 4.41. The molecule has 1 aliphatic rings. The number of amides is 1. The summed E-state index contributed by atoms with van der Waals surface area (Å²) in [5.41, 5.74) is 1.38. The molecule has 1 fully saturated rings. The lowest BCUT2D eigenvalue weighted by molar-refractivity contribution is -0.149. The zero-order valence-electron chi connectivity index (χ0n) is 13.2. The molecule has 0 atom stereocenters. The standard InChI is InChI=1S/C17H23NO4/c1-3-18(12-15(19)20)16(21)17(8-10-22-11-9-17)14-7-5-4-6-13(14)2/h4-7H,3,8-12H2,1-2H3,(H,19,20). The van der Waals surface area contributed by atoms with Crippen LogP contribution in [0.15, 0.2) is 24.3 Å². The van der Waals surface area contributed by atoms with Gasteiger partial charge in [-0.2, -0.15) is 0 Å². The summed E-state index contributed by atoms with van der Waals surface area (Å²) < 4.78 is 5.44. The first kappa shape index (κ1) is 16.5. The largest absolute Gasteiger partial charge is 0.480 e. The van der Waals surface area contributed by atoms with E-state index in [1.807, 2.05) is 38.1 Å². The van der Waals surface area contributed by atoms with Gasteiger partial charge in [-0.3, -0.25) is 9.59 Å². The Hall–Kier alpha value is -1.88. The van der Waals surface area contributed by atoms with Gasteiger partial charge in [0.15, 0.2) is 0 Å². The minimum absolute atomic E-state index is 0.102. The molecule has 120 valence electrons. The molecule has 0 unspecified atom stereocenters. The molecule has 0 saturated carbocycles. The second kappa shape index (κ2) is 6.92. The van der Waals surface area contributed by atoms with Crippen molar-refractivity contribution in [3.63, 3.8) is 0 Å². The van der Waals surface area contributed by atoms with Gasteiger partial charge in [-0.1, -0.05) is 24.3 Å². The van der Waals surface area contributed by atoms with Crippen LogP contribution in [0.4, 0.5) is 0 Å². The summed E-state index contributed by atoms with van der Waals surface area (Å²) in [6, 6.07) is 7.85. The van der Waals surface area contributed by atoms with Gasteiger partial charge in [-0.25, -0.2) is 0 Å². The van der Waals surface area contributed by atoms with Gasteiger partial charge in [0.2, 0.25) is 5.91 Å². The van der Waals surface area contributed by atoms with Crippen molar-refractivity contribution >= 4 is 11.9 Å². The highest BCUT2D eigenvalue weighted by Crippen LogP contribution is 2.38. The van der Waals surface area contributed by atoms with Crippen molar-refractivity contribution in [3.8, 4) is 0 Å². The van der Waals surface area contributed by atoms with E-state index in [9.17, 15) is 9.59 Å². The Balaban J connectivity index is 2.43. The zero-order chi connectivity index (χ0) is 16.2. The molecule has 1 amide bonds. The van der Waals surface area contributed by atoms with Crippen molar-refractivity contribution in [2.75, 3.05) is 26.3 Å². The van der Waals surface area contributed by atoms with Crippen LogP contribution in [0, 0.1) is 6.92 Å². The van der Waals surface area contributed by atoms with Gasteiger partial charge in [-0.15, -0.1) is 0 Å². The Bertz CT molecular complexity index is 549. The molecular formula is C17H23NO4. The highest BCUT2D eigenvalue weighted by Gasteiger charge is 2.44. The minimum Gasteiger partial charge on any atom is -0.480 e. The highest BCUT2D eigenvalue weighted by atomic mass is 16.5. The molecule has 0 bridgehead atoms. The first-order valence-electron chi connectivity index (χ1n) is 7.66. The molecule has 1 aromatic rings. The maximum absolute atomic E-state index is 13.1. The quantitative estimate of drug-likeness (QED) is 0.903. The van der Waals surface area contributed by atoms with Gasteiger partial charge in [0.05, 0.1) is 5.41 Å². The van der Waals surface area contributed by atoms with E-state index in [2.05, 4.69) is 0 Å². The number of hydrogen-bond acceptors (Lipinski definition) is 3. The summed E-state index contributed by atoms with van der Waals surface area (Å²) >= 11 is 0. The molecule has 0 aliphatic carbocycles. The van der Waals surface area contributed by atoms with Crippen molar-refractivity contribution < 1.29 is 19.4 Å². The molecule has 1 heterocycles. The molecule has 1 N–H and O–H groups in total. The van der Waals surface area contributed by atoms with E-state index in [0.717, 1.165) is 11.1 Å². The average molecular weight is 305 g/mol. The van der Waals surface area contributed by atoms with Crippen LogP contribution in [0.1, 0.15) is 30.9 Å². The molecule has 2 rings (SSSR count). The average Bonchev–Trinajstić information content (AvgIpc) is 2.53. The Labute approximate surface area is 130 Å². The highest BCUT2D eigenvalue weighted by molar-refractivity contribution is 5.91. The number of likely N-dealkylation sites (N-methyl/N-ethyl adjacent to an activating group) is 1. The van der Waals surface area contributed by atoms with Crippen LogP contribution in [-0.2, 0) is 19.7 Å². The fourth-order valence-electron chi connectivity index (χ4n) is 3.22. The summed E-state index contributed by atoms with van der Waals surface area (Å²) in [5, 5.41) is 9.05. The number of nitrogens with zero attached hydrogens (tertiary/aromatic N) is 1. The normalized spacial score (nSPS) is 17.0. The fraction of sp³-hybridized carbons (Fsp3) is 0.529. The van der Waals surface area contributed by atoms with Crippen LogP contribution in [0.25, 0.3) is 0 Å². The summed E-state index contributed by atoms with van der Waals surface area (Å²) in [4.78, 5) is 25.6. The molecule has 0 spiro atoms. The molecule has 0 aromatic heterocycles. The molecular weight excluding hydrogens is 282 g/mol. The molecule has 5 heteroatoms. The van der Waals surface area contributed by atoms with Gasteiger partial charge in [0.1, 0.15) is 6.54 Å². The zero-order valence-corrected chi connectivity index (χ0v) is 13.2. The van der Waals surface area contributed by atoms with Crippen molar-refractivity contribution in [1.82, 2.24) is 4.90 Å². The second-order valence-corrected chi connectivity index (χ2v) is 5.72. The topological polar surface area (TPSA) is 66.8 Å². The number of aryl methyl sites for hydroxylation is 1. The van der Waals surface area contributed by atoms with Crippen molar-refractivity contribution in [2.24, 2.45) is 0 Å². The van der Waals surface area contributed by atoms with E-state index in [0.29, 0.717) is 32.6 Å². The van der Waals surface area contributed by atoms with E-state index in [4.69, 9.17) is 9.84 Å². The predicted octanol–water partition coefficient (Wildman–Crippen LogP) is 1.98. The number of hydrogen-bond donors (Lipinski definition) is 1. The Morgan fingerprint density at radius 2 is 1.91 bits per heavy atom.